The second-order valence-corrected chi connectivity index (χ2v) is 10.7. The van der Waals surface area contributed by atoms with E-state index in [2.05, 4.69) is 10.6 Å². The van der Waals surface area contributed by atoms with E-state index in [9.17, 15) is 19.5 Å². The van der Waals surface area contributed by atoms with Gasteiger partial charge in [0.05, 0.1) is 17.4 Å². The molecule has 3 aliphatic rings. The molecule has 5 rings (SSSR count). The molecule has 3 heterocycles. The summed E-state index contributed by atoms with van der Waals surface area (Å²) in [6.07, 6.45) is 0.857. The van der Waals surface area contributed by atoms with Gasteiger partial charge < -0.3 is 25.4 Å². The van der Waals surface area contributed by atoms with Gasteiger partial charge in [-0.2, -0.15) is 0 Å². The summed E-state index contributed by atoms with van der Waals surface area (Å²) in [4.78, 5) is 42.8. The van der Waals surface area contributed by atoms with Crippen molar-refractivity contribution in [2.45, 2.75) is 57.0 Å². The van der Waals surface area contributed by atoms with Crippen LogP contribution in [0.25, 0.3) is 0 Å². The number of likely N-dealkylation sites (tertiary alicyclic amines) is 1. The number of fused-ring (bicyclic) bond motifs is 1. The zero-order chi connectivity index (χ0) is 26.2. The van der Waals surface area contributed by atoms with Crippen molar-refractivity contribution in [3.63, 3.8) is 0 Å². The number of aliphatic hydroxyl groups is 1. The predicted octanol–water partition coefficient (Wildman–Crippen LogP) is 2.01. The second kappa shape index (κ2) is 9.91. The number of hydrogen-bond acceptors (Lipinski definition) is 5. The Bertz CT molecular complexity index is 1160. The molecule has 2 aromatic carbocycles. The molecule has 0 radical (unpaired) electrons. The Labute approximate surface area is 217 Å². The highest BCUT2D eigenvalue weighted by Crippen LogP contribution is 2.65. The molecular weight excluding hydrogens is 470 g/mol. The first kappa shape index (κ1) is 25.4. The lowest BCUT2D eigenvalue weighted by Crippen LogP contribution is -2.55. The molecule has 3 unspecified atom stereocenters. The number of aliphatic hydroxyl groups excluding tert-OH is 1. The molecule has 3 N–H and O–H groups in total. The highest BCUT2D eigenvalue weighted by Gasteiger charge is 2.79. The van der Waals surface area contributed by atoms with E-state index in [1.807, 2.05) is 74.5 Å². The van der Waals surface area contributed by atoms with Crippen LogP contribution in [0.2, 0.25) is 0 Å². The zero-order valence-electron chi connectivity index (χ0n) is 21.4. The smallest absolute Gasteiger partial charge is 0.246 e. The minimum Gasteiger partial charge on any atom is -0.396 e. The molecule has 8 heteroatoms. The Balaban J connectivity index is 1.44. The van der Waals surface area contributed by atoms with Gasteiger partial charge in [-0.15, -0.1) is 0 Å². The molecule has 0 aromatic heterocycles. The number of amides is 3. The predicted molar refractivity (Wildman–Crippen MR) is 137 cm³/mol. The standard InChI is InChI=1S/C29H35N3O5/c1-19-16-29-23(22(28(19,2)37-29)25(34)30-17-20-10-5-3-6-11-20)27(36)32(14-9-15-33)24(29)26(35)31-18-21-12-7-4-8-13-21/h3-8,10-13,19,22-24,33H,9,14-18H2,1-2H3,(H,30,34)(H,31,35)/t19?,22-,23-,24?,28+,29?/m0/s1. The molecule has 0 saturated carbocycles. The fraction of sp³-hybridized carbons (Fsp3) is 0.483. The van der Waals surface area contributed by atoms with Gasteiger partial charge in [-0.05, 0) is 36.8 Å². The van der Waals surface area contributed by atoms with Crippen LogP contribution in [0.3, 0.4) is 0 Å². The van der Waals surface area contributed by atoms with Crippen molar-refractivity contribution in [1.82, 2.24) is 15.5 Å². The molecule has 196 valence electrons. The summed E-state index contributed by atoms with van der Waals surface area (Å²) in [5, 5.41) is 15.5. The van der Waals surface area contributed by atoms with Crippen LogP contribution < -0.4 is 10.6 Å². The molecule has 6 atom stereocenters. The van der Waals surface area contributed by atoms with Crippen LogP contribution in [0.1, 0.15) is 37.8 Å². The van der Waals surface area contributed by atoms with Gasteiger partial charge in [0.2, 0.25) is 17.7 Å². The maximum absolute atomic E-state index is 13.9. The fourth-order valence-electron chi connectivity index (χ4n) is 6.70. The first-order chi connectivity index (χ1) is 17.8. The SMILES string of the molecule is CC1CC23O[C@@]1(C)[C@H](C(=O)NCc1ccccc1)[C@H]2C(=O)N(CCCO)C3C(=O)NCc1ccccc1. The largest absolute Gasteiger partial charge is 0.396 e. The summed E-state index contributed by atoms with van der Waals surface area (Å²) in [6.45, 7) is 4.74. The van der Waals surface area contributed by atoms with Gasteiger partial charge in [0.25, 0.3) is 0 Å². The molecule has 3 saturated heterocycles. The molecule has 3 aliphatic heterocycles. The first-order valence-electron chi connectivity index (χ1n) is 13.1. The minimum atomic E-state index is -1.09. The van der Waals surface area contributed by atoms with Gasteiger partial charge in [0.15, 0.2) is 0 Å². The Morgan fingerprint density at radius 1 is 1.00 bits per heavy atom. The maximum atomic E-state index is 13.9. The molecule has 2 bridgehead atoms. The van der Waals surface area contributed by atoms with E-state index in [0.29, 0.717) is 25.9 Å². The fourth-order valence-corrected chi connectivity index (χ4v) is 6.70. The van der Waals surface area contributed by atoms with Gasteiger partial charge >= 0.3 is 0 Å². The Hall–Kier alpha value is -3.23. The van der Waals surface area contributed by atoms with E-state index >= 15 is 0 Å². The minimum absolute atomic E-state index is 0.0220. The van der Waals surface area contributed by atoms with Gasteiger partial charge in [-0.25, -0.2) is 0 Å². The van der Waals surface area contributed by atoms with Gasteiger partial charge in [-0.1, -0.05) is 67.6 Å². The third-order valence-electron chi connectivity index (χ3n) is 8.52. The third kappa shape index (κ3) is 4.22. The average molecular weight is 506 g/mol. The monoisotopic (exact) mass is 505 g/mol. The normalized spacial score (nSPS) is 31.9. The Morgan fingerprint density at radius 3 is 2.14 bits per heavy atom. The van der Waals surface area contributed by atoms with Crippen molar-refractivity contribution >= 4 is 17.7 Å². The maximum Gasteiger partial charge on any atom is 0.246 e. The Morgan fingerprint density at radius 2 is 1.57 bits per heavy atom. The number of nitrogens with one attached hydrogen (secondary N) is 2. The second-order valence-electron chi connectivity index (χ2n) is 10.7. The van der Waals surface area contributed by atoms with Crippen LogP contribution in [0.4, 0.5) is 0 Å². The lowest BCUT2D eigenvalue weighted by atomic mass is 9.62. The quantitative estimate of drug-likeness (QED) is 0.483. The summed E-state index contributed by atoms with van der Waals surface area (Å²) in [5.74, 6) is -2.26. The molecule has 0 aliphatic carbocycles. The van der Waals surface area contributed by atoms with Crippen molar-refractivity contribution in [2.75, 3.05) is 13.2 Å². The van der Waals surface area contributed by atoms with E-state index in [-0.39, 0.29) is 36.8 Å². The average Bonchev–Trinajstić information content (AvgIpc) is 3.42. The van der Waals surface area contributed by atoms with E-state index in [0.717, 1.165) is 11.1 Å². The van der Waals surface area contributed by atoms with E-state index in [1.54, 1.807) is 0 Å². The number of rotatable bonds is 9. The molecular formula is C29H35N3O5. The highest BCUT2D eigenvalue weighted by atomic mass is 16.5. The molecule has 3 fully saturated rings. The summed E-state index contributed by atoms with van der Waals surface area (Å²) in [6, 6.07) is 18.4. The van der Waals surface area contributed by atoms with Gasteiger partial charge in [-0.3, -0.25) is 14.4 Å². The number of ether oxygens (including phenoxy) is 1. The summed E-state index contributed by atoms with van der Waals surface area (Å²) < 4.78 is 6.69. The van der Waals surface area contributed by atoms with E-state index in [1.165, 1.54) is 4.90 Å². The molecule has 3 amide bonds. The number of benzene rings is 2. The highest BCUT2D eigenvalue weighted by molar-refractivity contribution is 5.99. The summed E-state index contributed by atoms with van der Waals surface area (Å²) in [5.41, 5.74) is -0.0298. The lowest BCUT2D eigenvalue weighted by Gasteiger charge is -2.36. The molecule has 2 aromatic rings. The van der Waals surface area contributed by atoms with Crippen LogP contribution in [0, 0.1) is 17.8 Å². The summed E-state index contributed by atoms with van der Waals surface area (Å²) in [7, 11) is 0. The molecule has 37 heavy (non-hydrogen) atoms. The molecule has 1 spiro atoms. The third-order valence-corrected chi connectivity index (χ3v) is 8.52. The van der Waals surface area contributed by atoms with Gasteiger partial charge in [0.1, 0.15) is 11.6 Å². The Kier molecular flexibility index (Phi) is 6.81. The van der Waals surface area contributed by atoms with Crippen molar-refractivity contribution < 1.29 is 24.2 Å². The van der Waals surface area contributed by atoms with Crippen molar-refractivity contribution in [3.05, 3.63) is 71.8 Å². The molecule has 8 nitrogen and oxygen atoms in total. The van der Waals surface area contributed by atoms with Crippen LogP contribution in [-0.4, -0.2) is 58.1 Å². The topological polar surface area (TPSA) is 108 Å². The van der Waals surface area contributed by atoms with E-state index < -0.39 is 29.1 Å². The van der Waals surface area contributed by atoms with Crippen molar-refractivity contribution in [2.24, 2.45) is 17.8 Å². The number of carbonyl (C=O) groups excluding carboxylic acids is 3. The number of nitrogens with zero attached hydrogens (tertiary/aromatic N) is 1. The number of hydrogen-bond donors (Lipinski definition) is 3. The van der Waals surface area contributed by atoms with Crippen molar-refractivity contribution in [1.29, 1.82) is 0 Å². The zero-order valence-corrected chi connectivity index (χ0v) is 21.4. The van der Waals surface area contributed by atoms with Crippen LogP contribution in [0.15, 0.2) is 60.7 Å². The van der Waals surface area contributed by atoms with Crippen LogP contribution in [-0.2, 0) is 32.2 Å². The van der Waals surface area contributed by atoms with Gasteiger partial charge in [0, 0.05) is 26.2 Å². The number of carbonyl (C=O) groups is 3. The van der Waals surface area contributed by atoms with Crippen LogP contribution >= 0.6 is 0 Å². The van der Waals surface area contributed by atoms with E-state index in [4.69, 9.17) is 4.74 Å². The van der Waals surface area contributed by atoms with Crippen LogP contribution in [0.5, 0.6) is 0 Å². The lowest BCUT2D eigenvalue weighted by molar-refractivity contribution is -0.147. The summed E-state index contributed by atoms with van der Waals surface area (Å²) >= 11 is 0. The van der Waals surface area contributed by atoms with Crippen molar-refractivity contribution in [3.8, 4) is 0 Å². The first-order valence-corrected chi connectivity index (χ1v) is 13.1.